The number of likely N-dealkylation sites (N-methyl/N-ethyl adjacent to an activating group) is 1. The zero-order chi connectivity index (χ0) is 34.0. The summed E-state index contributed by atoms with van der Waals surface area (Å²) in [5.74, 6) is 0.192. The Morgan fingerprint density at radius 1 is 0.830 bits per heavy atom. The third-order valence-corrected chi connectivity index (χ3v) is 9.38. The maximum atomic E-state index is 14.5. The number of carbonyl (C=O) groups is 2. The van der Waals surface area contributed by atoms with E-state index in [2.05, 4.69) is 5.32 Å². The second-order valence-corrected chi connectivity index (χ2v) is 12.6. The summed E-state index contributed by atoms with van der Waals surface area (Å²) in [5.41, 5.74) is 2.88. The molecule has 0 bridgehead atoms. The molecule has 0 aliphatic heterocycles. The maximum Gasteiger partial charge on any atom is 0.264 e. The lowest BCUT2D eigenvalue weighted by molar-refractivity contribution is -0.139. The van der Waals surface area contributed by atoms with E-state index in [1.54, 1.807) is 24.3 Å². The van der Waals surface area contributed by atoms with E-state index >= 15 is 0 Å². The summed E-state index contributed by atoms with van der Waals surface area (Å²) >= 11 is 0. The maximum absolute atomic E-state index is 14.5. The van der Waals surface area contributed by atoms with Crippen LogP contribution in [0.4, 0.5) is 5.69 Å². The Bertz CT molecular complexity index is 1760. The van der Waals surface area contributed by atoms with Crippen molar-refractivity contribution in [2.75, 3.05) is 38.7 Å². The number of hydrogen-bond acceptors (Lipinski definition) is 7. The van der Waals surface area contributed by atoms with Crippen molar-refractivity contribution in [1.82, 2.24) is 10.2 Å². The molecule has 0 aromatic heterocycles. The molecule has 4 aromatic rings. The molecule has 248 valence electrons. The number of benzene rings is 4. The van der Waals surface area contributed by atoms with Crippen LogP contribution in [-0.2, 0) is 32.6 Å². The van der Waals surface area contributed by atoms with Gasteiger partial charge in [0, 0.05) is 26.1 Å². The summed E-state index contributed by atoms with van der Waals surface area (Å²) in [6.07, 6.45) is 0.226. The number of anilines is 1. The van der Waals surface area contributed by atoms with Gasteiger partial charge < -0.3 is 24.4 Å². The molecule has 47 heavy (non-hydrogen) atoms. The van der Waals surface area contributed by atoms with Gasteiger partial charge >= 0.3 is 0 Å². The molecule has 0 heterocycles. The summed E-state index contributed by atoms with van der Waals surface area (Å²) in [4.78, 5) is 29.3. The van der Waals surface area contributed by atoms with E-state index < -0.39 is 28.5 Å². The molecule has 1 atom stereocenters. The van der Waals surface area contributed by atoms with Crippen LogP contribution in [0.3, 0.4) is 0 Å². The fourth-order valence-corrected chi connectivity index (χ4v) is 6.67. The second kappa shape index (κ2) is 16.0. The largest absolute Gasteiger partial charge is 0.494 e. The summed E-state index contributed by atoms with van der Waals surface area (Å²) in [7, 11) is 0.0407. The number of nitrogens with zero attached hydrogens (tertiary/aromatic N) is 2. The van der Waals surface area contributed by atoms with Gasteiger partial charge in [0.15, 0.2) is 11.5 Å². The molecular weight excluding hydrogens is 618 g/mol. The highest BCUT2D eigenvalue weighted by Crippen LogP contribution is 2.33. The van der Waals surface area contributed by atoms with E-state index in [9.17, 15) is 18.0 Å². The van der Waals surface area contributed by atoms with Crippen molar-refractivity contribution in [1.29, 1.82) is 0 Å². The van der Waals surface area contributed by atoms with Crippen LogP contribution in [0.25, 0.3) is 0 Å². The molecule has 0 saturated heterocycles. The molecule has 0 radical (unpaired) electrons. The van der Waals surface area contributed by atoms with Gasteiger partial charge in [0.25, 0.3) is 10.0 Å². The zero-order valence-corrected chi connectivity index (χ0v) is 28.1. The summed E-state index contributed by atoms with van der Waals surface area (Å²) in [6, 6.07) is 26.8. The third-order valence-electron chi connectivity index (χ3n) is 7.61. The molecule has 0 spiro atoms. The van der Waals surface area contributed by atoms with E-state index in [1.807, 2.05) is 68.4 Å². The summed E-state index contributed by atoms with van der Waals surface area (Å²) in [5, 5.41) is 2.70. The lowest BCUT2D eigenvalue weighted by Crippen LogP contribution is -2.53. The van der Waals surface area contributed by atoms with E-state index in [0.717, 1.165) is 21.0 Å². The number of carbonyl (C=O) groups excluding carboxylic acids is 2. The fraction of sp³-hybridized carbons (Fsp3) is 0.278. The molecular formula is C36H41N3O7S. The first-order valence-corrected chi connectivity index (χ1v) is 16.6. The number of sulfonamides is 1. The van der Waals surface area contributed by atoms with E-state index in [4.69, 9.17) is 14.2 Å². The van der Waals surface area contributed by atoms with Gasteiger partial charge in [0.2, 0.25) is 11.8 Å². The Balaban J connectivity index is 1.82. The van der Waals surface area contributed by atoms with Crippen LogP contribution in [0.15, 0.2) is 102 Å². The predicted molar refractivity (Wildman–Crippen MR) is 181 cm³/mol. The summed E-state index contributed by atoms with van der Waals surface area (Å²) < 4.78 is 46.0. The third kappa shape index (κ3) is 8.62. The van der Waals surface area contributed by atoms with Crippen molar-refractivity contribution in [2.24, 2.45) is 0 Å². The van der Waals surface area contributed by atoms with Crippen LogP contribution in [0.1, 0.15) is 23.6 Å². The average molecular weight is 660 g/mol. The molecule has 0 aliphatic carbocycles. The van der Waals surface area contributed by atoms with Crippen LogP contribution >= 0.6 is 0 Å². The molecule has 0 saturated carbocycles. The van der Waals surface area contributed by atoms with E-state index in [-0.39, 0.29) is 35.2 Å². The van der Waals surface area contributed by atoms with Crippen molar-refractivity contribution >= 4 is 27.5 Å². The SMILES string of the molecule is CCOc1ccc(N(CC(=O)N(Cc2cccc(C)c2)[C@H](Cc2ccccc2)C(=O)NC)S(=O)(=O)c2ccc(OC)c(OC)c2)cc1. The van der Waals surface area contributed by atoms with Gasteiger partial charge in [-0.1, -0.05) is 60.2 Å². The number of amides is 2. The van der Waals surface area contributed by atoms with Gasteiger partial charge in [-0.05, 0) is 61.4 Å². The van der Waals surface area contributed by atoms with E-state index in [0.29, 0.717) is 18.1 Å². The number of methoxy groups -OCH3 is 2. The van der Waals surface area contributed by atoms with Gasteiger partial charge in [-0.2, -0.15) is 0 Å². The molecule has 0 fully saturated rings. The van der Waals surface area contributed by atoms with Gasteiger partial charge in [0.1, 0.15) is 18.3 Å². The molecule has 2 amide bonds. The molecule has 4 aromatic carbocycles. The Morgan fingerprint density at radius 3 is 2.13 bits per heavy atom. The first-order chi connectivity index (χ1) is 22.6. The van der Waals surface area contributed by atoms with Crippen molar-refractivity contribution in [3.05, 3.63) is 114 Å². The van der Waals surface area contributed by atoms with Crippen molar-refractivity contribution in [3.63, 3.8) is 0 Å². The second-order valence-electron chi connectivity index (χ2n) is 10.8. The molecule has 4 rings (SSSR count). The number of ether oxygens (including phenoxy) is 3. The molecule has 11 heteroatoms. The smallest absolute Gasteiger partial charge is 0.264 e. The Morgan fingerprint density at radius 2 is 1.51 bits per heavy atom. The predicted octanol–water partition coefficient (Wildman–Crippen LogP) is 4.99. The number of hydrogen-bond donors (Lipinski definition) is 1. The molecule has 0 aliphatic rings. The minimum atomic E-state index is -4.35. The first-order valence-electron chi connectivity index (χ1n) is 15.2. The molecule has 0 unspecified atom stereocenters. The number of rotatable bonds is 15. The quantitative estimate of drug-likeness (QED) is 0.191. The van der Waals surface area contributed by atoms with Crippen molar-refractivity contribution in [3.8, 4) is 17.2 Å². The Kier molecular flexibility index (Phi) is 11.9. The van der Waals surface area contributed by atoms with Crippen LogP contribution in [0, 0.1) is 6.92 Å². The van der Waals surface area contributed by atoms with Gasteiger partial charge in [-0.25, -0.2) is 8.42 Å². The Hall–Kier alpha value is -5.03. The highest BCUT2D eigenvalue weighted by Gasteiger charge is 2.34. The fourth-order valence-electron chi connectivity index (χ4n) is 5.24. The van der Waals surface area contributed by atoms with Crippen LogP contribution < -0.4 is 23.8 Å². The summed E-state index contributed by atoms with van der Waals surface area (Å²) in [6.45, 7) is 3.72. The van der Waals surface area contributed by atoms with Gasteiger partial charge in [0.05, 0.1) is 31.4 Å². The van der Waals surface area contributed by atoms with Gasteiger partial charge in [-0.15, -0.1) is 0 Å². The lowest BCUT2D eigenvalue weighted by atomic mass is 10.0. The minimum Gasteiger partial charge on any atom is -0.494 e. The normalized spacial score (nSPS) is 11.7. The lowest BCUT2D eigenvalue weighted by Gasteiger charge is -2.33. The van der Waals surface area contributed by atoms with Crippen LogP contribution in [0.5, 0.6) is 17.2 Å². The minimum absolute atomic E-state index is 0.0823. The van der Waals surface area contributed by atoms with Crippen molar-refractivity contribution in [2.45, 2.75) is 37.8 Å². The molecule has 1 N–H and O–H groups in total. The monoisotopic (exact) mass is 659 g/mol. The number of nitrogens with one attached hydrogen (secondary N) is 1. The highest BCUT2D eigenvalue weighted by atomic mass is 32.2. The Labute approximate surface area is 276 Å². The van der Waals surface area contributed by atoms with Gasteiger partial charge in [-0.3, -0.25) is 13.9 Å². The topological polar surface area (TPSA) is 114 Å². The van der Waals surface area contributed by atoms with Crippen LogP contribution in [0.2, 0.25) is 0 Å². The number of aryl methyl sites for hydroxylation is 1. The first kappa shape index (κ1) is 34.8. The average Bonchev–Trinajstić information content (AvgIpc) is 3.08. The molecule has 10 nitrogen and oxygen atoms in total. The standard InChI is InChI=1S/C36H41N3O7S/c1-6-46-30-17-15-29(16-18-30)39(47(42,43)31-19-20-33(44-4)34(23-31)45-5)25-35(40)38(24-28-14-10-11-26(2)21-28)32(36(41)37-3)22-27-12-8-7-9-13-27/h7-21,23,32H,6,22,24-25H2,1-5H3,(H,37,41)/t32-/m1/s1. The highest BCUT2D eigenvalue weighted by molar-refractivity contribution is 7.92. The van der Waals surface area contributed by atoms with Crippen LogP contribution in [-0.4, -0.2) is 65.6 Å². The zero-order valence-electron chi connectivity index (χ0n) is 27.3. The van der Waals surface area contributed by atoms with E-state index in [1.165, 1.54) is 44.4 Å². The van der Waals surface area contributed by atoms with Crippen molar-refractivity contribution < 1.29 is 32.2 Å².